The van der Waals surface area contributed by atoms with Crippen LogP contribution in [-0.4, -0.2) is 19.1 Å². The highest BCUT2D eigenvalue weighted by Gasteiger charge is 2.06. The zero-order valence-electron chi connectivity index (χ0n) is 16.2. The second-order valence-electron chi connectivity index (χ2n) is 6.60. The van der Waals surface area contributed by atoms with Gasteiger partial charge in [-0.25, -0.2) is 0 Å². The lowest BCUT2D eigenvalue weighted by Gasteiger charge is -2.11. The second kappa shape index (κ2) is 11.5. The Hall–Kier alpha value is -2.20. The second-order valence-corrected chi connectivity index (χ2v) is 7.01. The molecular formula is C22H29ClN2O2. The predicted octanol–water partition coefficient (Wildman–Crippen LogP) is 6.05. The van der Waals surface area contributed by atoms with E-state index in [1.165, 1.54) is 25.7 Å². The highest BCUT2D eigenvalue weighted by atomic mass is 35.5. The van der Waals surface area contributed by atoms with Gasteiger partial charge in [0, 0.05) is 16.4 Å². The van der Waals surface area contributed by atoms with E-state index in [0.717, 1.165) is 35.7 Å². The predicted molar refractivity (Wildman–Crippen MR) is 114 cm³/mol. The maximum Gasteiger partial charge on any atom is 0.243 e. The smallest absolute Gasteiger partial charge is 0.243 e. The molecule has 27 heavy (non-hydrogen) atoms. The highest BCUT2D eigenvalue weighted by molar-refractivity contribution is 6.31. The minimum atomic E-state index is -0.112. The van der Waals surface area contributed by atoms with E-state index in [1.807, 2.05) is 49.4 Å². The molecule has 2 aromatic rings. The van der Waals surface area contributed by atoms with Crippen molar-refractivity contribution in [3.8, 4) is 5.75 Å². The number of nitrogens with one attached hydrogen (secondary N) is 2. The number of amides is 1. The Labute approximate surface area is 167 Å². The number of rotatable bonds is 11. The summed E-state index contributed by atoms with van der Waals surface area (Å²) in [6, 6.07) is 13.1. The van der Waals surface area contributed by atoms with Crippen LogP contribution in [0.1, 0.15) is 44.6 Å². The molecule has 0 heterocycles. The van der Waals surface area contributed by atoms with Crippen LogP contribution >= 0.6 is 11.6 Å². The third-order valence-corrected chi connectivity index (χ3v) is 4.77. The van der Waals surface area contributed by atoms with Crippen molar-refractivity contribution in [2.24, 2.45) is 0 Å². The Morgan fingerprint density at radius 2 is 1.78 bits per heavy atom. The quantitative estimate of drug-likeness (QED) is 0.461. The highest BCUT2D eigenvalue weighted by Crippen LogP contribution is 2.22. The number of carbonyl (C=O) groups excluding carboxylic acids is 1. The molecule has 0 saturated heterocycles. The number of benzene rings is 2. The molecule has 0 saturated carbocycles. The topological polar surface area (TPSA) is 50.4 Å². The summed E-state index contributed by atoms with van der Waals surface area (Å²) in [6.07, 6.45) is 6.10. The van der Waals surface area contributed by atoms with Gasteiger partial charge in [0.15, 0.2) is 0 Å². The van der Waals surface area contributed by atoms with Crippen molar-refractivity contribution in [3.05, 3.63) is 53.1 Å². The summed E-state index contributed by atoms with van der Waals surface area (Å²) in [5.74, 6) is 0.718. The zero-order valence-corrected chi connectivity index (χ0v) is 16.9. The molecule has 0 radical (unpaired) electrons. The zero-order chi connectivity index (χ0) is 19.5. The van der Waals surface area contributed by atoms with Crippen LogP contribution in [0.5, 0.6) is 5.75 Å². The average molecular weight is 389 g/mol. The van der Waals surface area contributed by atoms with Gasteiger partial charge in [0.2, 0.25) is 5.91 Å². The molecule has 0 unspecified atom stereocenters. The van der Waals surface area contributed by atoms with E-state index in [0.29, 0.717) is 5.02 Å². The number of carbonyl (C=O) groups is 1. The Balaban J connectivity index is 1.72. The average Bonchev–Trinajstić information content (AvgIpc) is 2.67. The standard InChI is InChI=1S/C22H29ClN2O2/c1-3-4-5-6-7-15-27-19-13-11-18(12-14-19)25-22(26)16-24-21-10-8-9-20(23)17(21)2/h8-14,24H,3-7,15-16H2,1-2H3,(H,25,26). The van der Waals surface area contributed by atoms with E-state index in [2.05, 4.69) is 17.6 Å². The van der Waals surface area contributed by atoms with Gasteiger partial charge in [-0.1, -0.05) is 50.3 Å². The number of anilines is 2. The van der Waals surface area contributed by atoms with Crippen molar-refractivity contribution in [2.75, 3.05) is 23.8 Å². The lowest BCUT2D eigenvalue weighted by Crippen LogP contribution is -2.22. The van der Waals surface area contributed by atoms with Gasteiger partial charge in [0.1, 0.15) is 5.75 Å². The largest absolute Gasteiger partial charge is 0.494 e. The maximum atomic E-state index is 12.1. The van der Waals surface area contributed by atoms with Gasteiger partial charge in [-0.05, 0) is 55.3 Å². The van der Waals surface area contributed by atoms with Gasteiger partial charge in [-0.3, -0.25) is 4.79 Å². The summed E-state index contributed by atoms with van der Waals surface area (Å²) in [7, 11) is 0. The maximum absolute atomic E-state index is 12.1. The van der Waals surface area contributed by atoms with Crippen LogP contribution in [0.2, 0.25) is 5.02 Å². The van der Waals surface area contributed by atoms with Crippen molar-refractivity contribution in [3.63, 3.8) is 0 Å². The molecule has 4 nitrogen and oxygen atoms in total. The molecule has 0 aliphatic carbocycles. The Morgan fingerprint density at radius 1 is 1.04 bits per heavy atom. The molecule has 2 N–H and O–H groups in total. The SMILES string of the molecule is CCCCCCCOc1ccc(NC(=O)CNc2cccc(Cl)c2C)cc1. The molecule has 0 spiro atoms. The first kappa shape index (κ1) is 21.1. The van der Waals surface area contributed by atoms with Crippen LogP contribution in [0, 0.1) is 6.92 Å². The van der Waals surface area contributed by atoms with Gasteiger partial charge in [-0.15, -0.1) is 0 Å². The lowest BCUT2D eigenvalue weighted by atomic mass is 10.2. The van der Waals surface area contributed by atoms with E-state index >= 15 is 0 Å². The van der Waals surface area contributed by atoms with E-state index < -0.39 is 0 Å². The fraction of sp³-hybridized carbons (Fsp3) is 0.409. The van der Waals surface area contributed by atoms with Crippen LogP contribution in [0.15, 0.2) is 42.5 Å². The van der Waals surface area contributed by atoms with Crippen LogP contribution in [0.25, 0.3) is 0 Å². The molecule has 0 fully saturated rings. The fourth-order valence-corrected chi connectivity index (χ4v) is 2.88. The van der Waals surface area contributed by atoms with Crippen LogP contribution < -0.4 is 15.4 Å². The van der Waals surface area contributed by atoms with Gasteiger partial charge in [-0.2, -0.15) is 0 Å². The first-order valence-electron chi connectivity index (χ1n) is 9.62. The Kier molecular flexibility index (Phi) is 8.99. The van der Waals surface area contributed by atoms with Crippen molar-refractivity contribution < 1.29 is 9.53 Å². The Morgan fingerprint density at radius 3 is 2.52 bits per heavy atom. The minimum Gasteiger partial charge on any atom is -0.494 e. The first-order valence-corrected chi connectivity index (χ1v) is 9.99. The Bertz CT molecular complexity index is 717. The van der Waals surface area contributed by atoms with Crippen molar-refractivity contribution in [1.29, 1.82) is 0 Å². The summed E-state index contributed by atoms with van der Waals surface area (Å²) in [5, 5.41) is 6.67. The lowest BCUT2D eigenvalue weighted by molar-refractivity contribution is -0.114. The number of halogens is 1. The fourth-order valence-electron chi connectivity index (χ4n) is 2.71. The van der Waals surface area contributed by atoms with Gasteiger partial charge in [0.25, 0.3) is 0 Å². The van der Waals surface area contributed by atoms with E-state index in [-0.39, 0.29) is 12.5 Å². The molecule has 146 valence electrons. The van der Waals surface area contributed by atoms with Crippen molar-refractivity contribution >= 4 is 28.9 Å². The molecule has 0 aromatic heterocycles. The van der Waals surface area contributed by atoms with Crippen LogP contribution in [0.4, 0.5) is 11.4 Å². The summed E-state index contributed by atoms with van der Waals surface area (Å²) in [4.78, 5) is 12.1. The number of hydrogen-bond acceptors (Lipinski definition) is 3. The molecule has 2 aromatic carbocycles. The molecule has 0 aliphatic rings. The van der Waals surface area contributed by atoms with Gasteiger partial charge < -0.3 is 15.4 Å². The van der Waals surface area contributed by atoms with Gasteiger partial charge in [0.05, 0.1) is 13.2 Å². The molecule has 2 rings (SSSR count). The first-order chi connectivity index (χ1) is 13.1. The van der Waals surface area contributed by atoms with E-state index in [4.69, 9.17) is 16.3 Å². The minimum absolute atomic E-state index is 0.112. The molecular weight excluding hydrogens is 360 g/mol. The van der Waals surface area contributed by atoms with Crippen molar-refractivity contribution in [1.82, 2.24) is 0 Å². The van der Waals surface area contributed by atoms with Crippen LogP contribution in [0.3, 0.4) is 0 Å². The number of hydrogen-bond donors (Lipinski definition) is 2. The summed E-state index contributed by atoms with van der Waals surface area (Å²) >= 11 is 6.09. The number of unbranched alkanes of at least 4 members (excludes halogenated alkanes) is 4. The molecule has 5 heteroatoms. The third kappa shape index (κ3) is 7.51. The van der Waals surface area contributed by atoms with E-state index in [1.54, 1.807) is 0 Å². The van der Waals surface area contributed by atoms with Crippen molar-refractivity contribution in [2.45, 2.75) is 46.0 Å². The molecule has 0 aliphatic heterocycles. The number of ether oxygens (including phenoxy) is 1. The summed E-state index contributed by atoms with van der Waals surface area (Å²) in [6.45, 7) is 5.05. The molecule has 0 atom stereocenters. The van der Waals surface area contributed by atoms with Crippen LogP contribution in [-0.2, 0) is 4.79 Å². The molecule has 0 bridgehead atoms. The summed E-state index contributed by atoms with van der Waals surface area (Å²) in [5.41, 5.74) is 2.54. The molecule has 1 amide bonds. The monoisotopic (exact) mass is 388 g/mol. The summed E-state index contributed by atoms with van der Waals surface area (Å²) < 4.78 is 5.74. The normalized spacial score (nSPS) is 10.5. The van der Waals surface area contributed by atoms with Gasteiger partial charge >= 0.3 is 0 Å². The van der Waals surface area contributed by atoms with E-state index in [9.17, 15) is 4.79 Å². The third-order valence-electron chi connectivity index (χ3n) is 4.36.